The summed E-state index contributed by atoms with van der Waals surface area (Å²) < 4.78 is 2.06. The molecule has 1 aromatic heterocycles. The quantitative estimate of drug-likeness (QED) is 0.596. The van der Waals surface area contributed by atoms with Crippen LogP contribution in [0.3, 0.4) is 0 Å². The van der Waals surface area contributed by atoms with Crippen molar-refractivity contribution in [2.75, 3.05) is 26.2 Å². The number of amides is 2. The van der Waals surface area contributed by atoms with Crippen LogP contribution in [0.15, 0.2) is 42.7 Å². The van der Waals surface area contributed by atoms with Crippen molar-refractivity contribution in [3.05, 3.63) is 54.1 Å². The molecule has 1 aliphatic rings. The predicted molar refractivity (Wildman–Crippen MR) is 112 cm³/mol. The van der Waals surface area contributed by atoms with Crippen molar-refractivity contribution < 1.29 is 9.59 Å². The van der Waals surface area contributed by atoms with Gasteiger partial charge < -0.3 is 15.2 Å². The molecule has 1 unspecified atom stereocenters. The topological polar surface area (TPSA) is 79.3 Å². The monoisotopic (exact) mass is 397 g/mol. The summed E-state index contributed by atoms with van der Waals surface area (Å²) in [5.41, 5.74) is 1.30. The van der Waals surface area contributed by atoms with E-state index in [-0.39, 0.29) is 24.3 Å². The molecule has 3 rings (SSSR count). The van der Waals surface area contributed by atoms with E-state index in [9.17, 15) is 9.59 Å². The lowest BCUT2D eigenvalue weighted by Crippen LogP contribution is -2.56. The van der Waals surface area contributed by atoms with Gasteiger partial charge in [-0.1, -0.05) is 30.3 Å². The molecule has 0 saturated carbocycles. The first kappa shape index (κ1) is 21.0. The van der Waals surface area contributed by atoms with Crippen LogP contribution in [-0.4, -0.2) is 58.5 Å². The number of benzene rings is 1. The van der Waals surface area contributed by atoms with Crippen LogP contribution in [0.25, 0.3) is 0 Å². The summed E-state index contributed by atoms with van der Waals surface area (Å²) in [5, 5.41) is 5.85. The summed E-state index contributed by atoms with van der Waals surface area (Å²) in [6.07, 6.45) is 6.71. The number of rotatable bonds is 10. The number of carbonyl (C=O) groups excluding carboxylic acids is 2. The van der Waals surface area contributed by atoms with E-state index in [1.54, 1.807) is 6.20 Å². The van der Waals surface area contributed by atoms with E-state index in [1.807, 2.05) is 31.3 Å². The molecule has 1 fully saturated rings. The first-order chi connectivity index (χ1) is 14.1. The molecule has 0 aliphatic carbocycles. The summed E-state index contributed by atoms with van der Waals surface area (Å²) in [4.78, 5) is 31.1. The number of aryl methyl sites for hydroxylation is 3. The van der Waals surface area contributed by atoms with Crippen molar-refractivity contribution in [2.45, 2.75) is 45.2 Å². The van der Waals surface area contributed by atoms with Gasteiger partial charge in [0.15, 0.2) is 0 Å². The average molecular weight is 398 g/mol. The van der Waals surface area contributed by atoms with Gasteiger partial charge in [0, 0.05) is 38.6 Å². The van der Waals surface area contributed by atoms with E-state index in [0.29, 0.717) is 13.1 Å². The molecule has 29 heavy (non-hydrogen) atoms. The van der Waals surface area contributed by atoms with Crippen LogP contribution in [0.4, 0.5) is 0 Å². The summed E-state index contributed by atoms with van der Waals surface area (Å²) in [7, 11) is 0. The molecule has 0 spiro atoms. The third-order valence-corrected chi connectivity index (χ3v) is 5.40. The SMILES string of the molecule is Cc1nccn1CCCNC(=O)CC1C(=O)NCCN1CCCc1ccccc1. The molecular formula is C22H31N5O2. The van der Waals surface area contributed by atoms with Crippen molar-refractivity contribution in [1.29, 1.82) is 0 Å². The Morgan fingerprint density at radius 2 is 2.07 bits per heavy atom. The molecule has 0 radical (unpaired) electrons. The minimum absolute atomic E-state index is 0.0415. The highest BCUT2D eigenvalue weighted by atomic mass is 16.2. The zero-order valence-electron chi connectivity index (χ0n) is 17.1. The van der Waals surface area contributed by atoms with E-state index in [0.717, 1.165) is 44.7 Å². The Labute approximate surface area is 172 Å². The minimum Gasteiger partial charge on any atom is -0.356 e. The number of hydrogen-bond acceptors (Lipinski definition) is 4. The van der Waals surface area contributed by atoms with E-state index in [4.69, 9.17) is 0 Å². The van der Waals surface area contributed by atoms with Gasteiger partial charge in [-0.05, 0) is 38.3 Å². The molecule has 1 aromatic carbocycles. The zero-order chi connectivity index (χ0) is 20.5. The highest BCUT2D eigenvalue weighted by molar-refractivity contribution is 5.88. The molecule has 2 amide bonds. The van der Waals surface area contributed by atoms with Gasteiger partial charge >= 0.3 is 0 Å². The van der Waals surface area contributed by atoms with Gasteiger partial charge in [0.25, 0.3) is 0 Å². The molecule has 2 aromatic rings. The maximum atomic E-state index is 12.4. The van der Waals surface area contributed by atoms with Gasteiger partial charge in [0.1, 0.15) is 5.82 Å². The van der Waals surface area contributed by atoms with Crippen LogP contribution in [0.2, 0.25) is 0 Å². The Morgan fingerprint density at radius 1 is 1.24 bits per heavy atom. The molecule has 7 heteroatoms. The fourth-order valence-corrected chi connectivity index (χ4v) is 3.75. The standard InChI is InChI=1S/C22H31N5O2/c1-18-23-11-15-26(18)14-6-10-24-21(28)17-20-22(29)25-12-16-27(20)13-5-9-19-7-3-2-4-8-19/h2-4,7-8,11,15,20H,5-6,9-10,12-14,16-17H2,1H3,(H,24,28)(H,25,29). The largest absolute Gasteiger partial charge is 0.356 e. The molecule has 2 N–H and O–H groups in total. The highest BCUT2D eigenvalue weighted by Crippen LogP contribution is 2.11. The Morgan fingerprint density at radius 3 is 2.83 bits per heavy atom. The third-order valence-electron chi connectivity index (χ3n) is 5.40. The van der Waals surface area contributed by atoms with E-state index in [2.05, 4.69) is 37.2 Å². The number of hydrogen-bond donors (Lipinski definition) is 2. The maximum absolute atomic E-state index is 12.4. The van der Waals surface area contributed by atoms with Crippen LogP contribution in [-0.2, 0) is 22.6 Å². The van der Waals surface area contributed by atoms with Crippen molar-refractivity contribution in [3.8, 4) is 0 Å². The van der Waals surface area contributed by atoms with Crippen molar-refractivity contribution in [2.24, 2.45) is 0 Å². The van der Waals surface area contributed by atoms with Gasteiger partial charge in [0.05, 0.1) is 12.5 Å². The number of piperazine rings is 1. The van der Waals surface area contributed by atoms with Crippen LogP contribution in [0.1, 0.15) is 30.7 Å². The Bertz CT molecular complexity index is 790. The fraction of sp³-hybridized carbons (Fsp3) is 0.500. The lowest BCUT2D eigenvalue weighted by atomic mass is 10.1. The number of carbonyl (C=O) groups is 2. The van der Waals surface area contributed by atoms with Crippen molar-refractivity contribution >= 4 is 11.8 Å². The third kappa shape index (κ3) is 6.42. The highest BCUT2D eigenvalue weighted by Gasteiger charge is 2.31. The summed E-state index contributed by atoms with van der Waals surface area (Å²) in [6, 6.07) is 9.98. The normalized spacial score (nSPS) is 17.1. The molecule has 1 aliphatic heterocycles. The summed E-state index contributed by atoms with van der Waals surface area (Å²) in [6.45, 7) is 5.64. The molecule has 1 atom stereocenters. The molecule has 2 heterocycles. The number of aromatic nitrogens is 2. The van der Waals surface area contributed by atoms with Gasteiger partial charge in [-0.25, -0.2) is 4.98 Å². The second-order valence-corrected chi connectivity index (χ2v) is 7.51. The minimum atomic E-state index is -0.379. The smallest absolute Gasteiger partial charge is 0.237 e. The maximum Gasteiger partial charge on any atom is 0.237 e. The van der Waals surface area contributed by atoms with Gasteiger partial charge in [-0.3, -0.25) is 14.5 Å². The number of imidazole rings is 1. The second kappa shape index (κ2) is 10.8. The van der Waals surface area contributed by atoms with Crippen LogP contribution in [0, 0.1) is 6.92 Å². The molecular weight excluding hydrogens is 366 g/mol. The van der Waals surface area contributed by atoms with Crippen LogP contribution in [0.5, 0.6) is 0 Å². The van der Waals surface area contributed by atoms with E-state index < -0.39 is 0 Å². The molecule has 0 bridgehead atoms. The summed E-state index contributed by atoms with van der Waals surface area (Å²) >= 11 is 0. The first-order valence-electron chi connectivity index (χ1n) is 10.4. The Hall–Kier alpha value is -2.67. The second-order valence-electron chi connectivity index (χ2n) is 7.51. The number of nitrogens with zero attached hydrogens (tertiary/aromatic N) is 3. The first-order valence-corrected chi connectivity index (χ1v) is 10.4. The van der Waals surface area contributed by atoms with E-state index in [1.165, 1.54) is 5.56 Å². The predicted octanol–water partition coefficient (Wildman–Crippen LogP) is 1.52. The van der Waals surface area contributed by atoms with Crippen LogP contribution >= 0.6 is 0 Å². The van der Waals surface area contributed by atoms with E-state index >= 15 is 0 Å². The Balaban J connectivity index is 1.41. The molecule has 1 saturated heterocycles. The fourth-order valence-electron chi connectivity index (χ4n) is 3.75. The molecule has 156 valence electrons. The van der Waals surface area contributed by atoms with Crippen molar-refractivity contribution in [3.63, 3.8) is 0 Å². The van der Waals surface area contributed by atoms with Crippen molar-refractivity contribution in [1.82, 2.24) is 25.1 Å². The zero-order valence-corrected chi connectivity index (χ0v) is 17.1. The lowest BCUT2D eigenvalue weighted by molar-refractivity contribution is -0.133. The van der Waals surface area contributed by atoms with Gasteiger partial charge in [-0.15, -0.1) is 0 Å². The average Bonchev–Trinajstić information content (AvgIpc) is 3.13. The number of nitrogens with one attached hydrogen (secondary N) is 2. The Kier molecular flexibility index (Phi) is 7.81. The van der Waals surface area contributed by atoms with Gasteiger partial charge in [-0.2, -0.15) is 0 Å². The van der Waals surface area contributed by atoms with Crippen LogP contribution < -0.4 is 10.6 Å². The lowest BCUT2D eigenvalue weighted by Gasteiger charge is -2.34. The summed E-state index contributed by atoms with van der Waals surface area (Å²) in [5.74, 6) is 0.865. The molecule has 7 nitrogen and oxygen atoms in total. The van der Waals surface area contributed by atoms with Gasteiger partial charge in [0.2, 0.25) is 11.8 Å².